The Balaban J connectivity index is 2.40. The van der Waals surface area contributed by atoms with Crippen molar-refractivity contribution < 1.29 is 24.1 Å². The zero-order chi connectivity index (χ0) is 18.3. The Kier molecular flexibility index (Phi) is 4.65. The maximum absolute atomic E-state index is 14.7. The second-order valence-electron chi connectivity index (χ2n) is 6.10. The van der Waals surface area contributed by atoms with Crippen LogP contribution in [0.2, 0.25) is 0 Å². The predicted molar refractivity (Wildman–Crippen MR) is 77.7 cm³/mol. The SMILES string of the molecule is Cc1cn(C(F)C(O)[C@@H]2OC(C)(C)OCC2(O)C#N)c(=O)[nH]c1=O. The molecule has 3 unspecified atom stereocenters. The van der Waals surface area contributed by atoms with Crippen LogP contribution in [0.5, 0.6) is 0 Å². The summed E-state index contributed by atoms with van der Waals surface area (Å²) < 4.78 is 25.6. The molecule has 0 spiro atoms. The fraction of sp³-hybridized carbons (Fsp3) is 0.643. The number of ether oxygens (including phenoxy) is 2. The molecule has 1 aliphatic heterocycles. The molecule has 0 aliphatic carbocycles. The molecule has 1 fully saturated rings. The van der Waals surface area contributed by atoms with E-state index < -0.39 is 47.7 Å². The molecule has 1 saturated heterocycles. The van der Waals surface area contributed by atoms with Crippen molar-refractivity contribution in [3.8, 4) is 6.07 Å². The normalized spacial score (nSPS) is 28.8. The van der Waals surface area contributed by atoms with Gasteiger partial charge in [-0.25, -0.2) is 9.18 Å². The average molecular weight is 343 g/mol. The van der Waals surface area contributed by atoms with Crippen molar-refractivity contribution in [3.05, 3.63) is 32.6 Å². The summed E-state index contributed by atoms with van der Waals surface area (Å²) in [5.74, 6) is -1.28. The monoisotopic (exact) mass is 343 g/mol. The van der Waals surface area contributed by atoms with Gasteiger partial charge in [-0.1, -0.05) is 0 Å². The molecular weight excluding hydrogens is 325 g/mol. The first-order chi connectivity index (χ1) is 11.0. The molecule has 0 saturated carbocycles. The number of nitrogens with zero attached hydrogens (tertiary/aromatic N) is 2. The Morgan fingerprint density at radius 3 is 2.75 bits per heavy atom. The second-order valence-corrected chi connectivity index (χ2v) is 6.10. The van der Waals surface area contributed by atoms with Crippen LogP contribution in [-0.4, -0.2) is 50.0 Å². The van der Waals surface area contributed by atoms with E-state index in [4.69, 9.17) is 14.7 Å². The summed E-state index contributed by atoms with van der Waals surface area (Å²) in [7, 11) is 0. The fourth-order valence-corrected chi connectivity index (χ4v) is 2.33. The van der Waals surface area contributed by atoms with Crippen LogP contribution >= 0.6 is 0 Å². The molecular formula is C14H18FN3O6. The summed E-state index contributed by atoms with van der Waals surface area (Å²) in [6.45, 7) is 3.78. The topological polar surface area (TPSA) is 138 Å². The highest BCUT2D eigenvalue weighted by Gasteiger charge is 2.53. The number of nitrogens with one attached hydrogen (secondary N) is 1. The number of aryl methyl sites for hydroxylation is 1. The molecule has 1 aromatic rings. The third-order valence-electron chi connectivity index (χ3n) is 3.72. The van der Waals surface area contributed by atoms with E-state index >= 15 is 0 Å². The van der Waals surface area contributed by atoms with Crippen LogP contribution in [0.25, 0.3) is 0 Å². The highest BCUT2D eigenvalue weighted by molar-refractivity contribution is 5.11. The largest absolute Gasteiger partial charge is 0.385 e. The molecule has 10 heteroatoms. The summed E-state index contributed by atoms with van der Waals surface area (Å²) in [4.78, 5) is 25.0. The van der Waals surface area contributed by atoms with Crippen molar-refractivity contribution >= 4 is 0 Å². The highest BCUT2D eigenvalue weighted by Crippen LogP contribution is 2.33. The van der Waals surface area contributed by atoms with Gasteiger partial charge < -0.3 is 19.7 Å². The van der Waals surface area contributed by atoms with Gasteiger partial charge >= 0.3 is 5.69 Å². The molecule has 24 heavy (non-hydrogen) atoms. The number of aliphatic hydroxyl groups is 2. The average Bonchev–Trinajstić information content (AvgIpc) is 2.52. The standard InChI is InChI=1S/C14H18FN3O6/c1-7-4-18(12(21)17-11(7)20)10(15)8(19)9-14(22,5-16)6-23-13(2,3)24-9/h4,8-10,19,22H,6H2,1-3H3,(H,17,20,21)/t8?,9-,10?,14?/m0/s1. The molecule has 1 aliphatic rings. The van der Waals surface area contributed by atoms with Gasteiger partial charge in [-0.3, -0.25) is 14.3 Å². The Hall–Kier alpha value is -2.06. The van der Waals surface area contributed by atoms with Gasteiger partial charge in [0, 0.05) is 11.8 Å². The van der Waals surface area contributed by atoms with Gasteiger partial charge in [0.25, 0.3) is 5.56 Å². The lowest BCUT2D eigenvalue weighted by molar-refractivity contribution is -0.340. The molecule has 2 heterocycles. The smallest absolute Gasteiger partial charge is 0.330 e. The molecule has 0 bridgehead atoms. The zero-order valence-electron chi connectivity index (χ0n) is 13.3. The summed E-state index contributed by atoms with van der Waals surface area (Å²) in [6, 6.07) is 1.52. The van der Waals surface area contributed by atoms with E-state index in [1.807, 2.05) is 4.98 Å². The van der Waals surface area contributed by atoms with Crippen LogP contribution in [0, 0.1) is 18.3 Å². The van der Waals surface area contributed by atoms with Crippen molar-refractivity contribution in [3.63, 3.8) is 0 Å². The molecule has 4 atom stereocenters. The molecule has 2 rings (SSSR count). The second kappa shape index (κ2) is 6.10. The number of rotatable bonds is 3. The first kappa shape index (κ1) is 18.3. The lowest BCUT2D eigenvalue weighted by atomic mass is 9.92. The number of hydrogen-bond donors (Lipinski definition) is 3. The van der Waals surface area contributed by atoms with E-state index in [2.05, 4.69) is 0 Å². The summed E-state index contributed by atoms with van der Waals surface area (Å²) in [6.07, 6.45) is -5.18. The molecule has 0 aromatic carbocycles. The van der Waals surface area contributed by atoms with Crippen LogP contribution in [-0.2, 0) is 9.47 Å². The third kappa shape index (κ3) is 3.25. The van der Waals surface area contributed by atoms with Gasteiger partial charge in [0.05, 0.1) is 6.61 Å². The van der Waals surface area contributed by atoms with Gasteiger partial charge in [-0.2, -0.15) is 5.26 Å². The maximum Gasteiger partial charge on any atom is 0.330 e. The number of halogens is 1. The number of hydrogen-bond acceptors (Lipinski definition) is 7. The van der Waals surface area contributed by atoms with Crippen molar-refractivity contribution in [1.29, 1.82) is 5.26 Å². The van der Waals surface area contributed by atoms with Crippen LogP contribution in [0.1, 0.15) is 25.7 Å². The first-order valence-corrected chi connectivity index (χ1v) is 7.10. The zero-order valence-corrected chi connectivity index (χ0v) is 13.3. The van der Waals surface area contributed by atoms with Crippen LogP contribution in [0.4, 0.5) is 4.39 Å². The Morgan fingerprint density at radius 1 is 1.54 bits per heavy atom. The Labute approximate surface area is 135 Å². The molecule has 0 radical (unpaired) electrons. The van der Waals surface area contributed by atoms with E-state index in [0.717, 1.165) is 6.20 Å². The van der Waals surface area contributed by atoms with Gasteiger partial charge in [-0.15, -0.1) is 0 Å². The molecule has 9 nitrogen and oxygen atoms in total. The number of nitriles is 1. The minimum atomic E-state index is -2.37. The number of aromatic nitrogens is 2. The maximum atomic E-state index is 14.7. The molecule has 132 valence electrons. The van der Waals surface area contributed by atoms with Crippen molar-refractivity contribution in [1.82, 2.24) is 9.55 Å². The predicted octanol–water partition coefficient (Wildman–Crippen LogP) is -0.920. The van der Waals surface area contributed by atoms with Crippen molar-refractivity contribution in [2.24, 2.45) is 0 Å². The minimum Gasteiger partial charge on any atom is -0.385 e. The molecule has 3 N–H and O–H groups in total. The van der Waals surface area contributed by atoms with Gasteiger partial charge in [-0.05, 0) is 20.8 Å². The Morgan fingerprint density at radius 2 is 2.17 bits per heavy atom. The quantitative estimate of drug-likeness (QED) is 0.603. The van der Waals surface area contributed by atoms with E-state index in [0.29, 0.717) is 4.57 Å². The number of aromatic amines is 1. The number of H-pyrrole nitrogens is 1. The summed E-state index contributed by atoms with van der Waals surface area (Å²) in [5, 5.41) is 29.6. The van der Waals surface area contributed by atoms with Crippen molar-refractivity contribution in [2.45, 2.75) is 50.7 Å². The lowest BCUT2D eigenvalue weighted by Crippen LogP contribution is -2.62. The minimum absolute atomic E-state index is 0.0493. The molecule has 0 amide bonds. The van der Waals surface area contributed by atoms with Gasteiger partial charge in [0.1, 0.15) is 18.3 Å². The number of alkyl halides is 1. The van der Waals surface area contributed by atoms with Crippen LogP contribution in [0.3, 0.4) is 0 Å². The lowest BCUT2D eigenvalue weighted by Gasteiger charge is -2.44. The van der Waals surface area contributed by atoms with E-state index in [9.17, 15) is 24.2 Å². The van der Waals surface area contributed by atoms with Crippen LogP contribution < -0.4 is 11.2 Å². The van der Waals surface area contributed by atoms with E-state index in [-0.39, 0.29) is 5.56 Å². The van der Waals surface area contributed by atoms with E-state index in [1.165, 1.54) is 26.8 Å². The van der Waals surface area contributed by atoms with Crippen LogP contribution in [0.15, 0.2) is 15.8 Å². The molecule has 1 aromatic heterocycles. The van der Waals surface area contributed by atoms with Crippen molar-refractivity contribution in [2.75, 3.05) is 6.61 Å². The third-order valence-corrected chi connectivity index (χ3v) is 3.72. The fourth-order valence-electron chi connectivity index (χ4n) is 2.33. The van der Waals surface area contributed by atoms with Gasteiger partial charge in [0.2, 0.25) is 11.9 Å². The highest BCUT2D eigenvalue weighted by atomic mass is 19.1. The first-order valence-electron chi connectivity index (χ1n) is 7.10. The van der Waals surface area contributed by atoms with Gasteiger partial charge in [0.15, 0.2) is 5.79 Å². The number of aliphatic hydroxyl groups excluding tert-OH is 1. The summed E-state index contributed by atoms with van der Waals surface area (Å²) >= 11 is 0. The van der Waals surface area contributed by atoms with E-state index in [1.54, 1.807) is 0 Å². The Bertz CT molecular complexity index is 782. The summed E-state index contributed by atoms with van der Waals surface area (Å²) in [5.41, 5.74) is -4.02.